The fraction of sp³-hybridized carbons (Fsp3) is 0.267. The van der Waals surface area contributed by atoms with E-state index in [0.717, 1.165) is 5.56 Å². The minimum absolute atomic E-state index is 0.0355. The highest BCUT2D eigenvalue weighted by Gasteiger charge is 2.21. The van der Waals surface area contributed by atoms with Crippen LogP contribution in [0.25, 0.3) is 0 Å². The number of ether oxygens (including phenoxy) is 2. The molecule has 0 radical (unpaired) electrons. The Hall–Kier alpha value is -2.12. The van der Waals surface area contributed by atoms with Crippen LogP contribution in [0.5, 0.6) is 11.5 Å². The topological polar surface area (TPSA) is 77.5 Å². The van der Waals surface area contributed by atoms with Gasteiger partial charge in [-0.1, -0.05) is 6.07 Å². The third-order valence-corrected chi connectivity index (χ3v) is 4.56. The molecule has 1 N–H and O–H groups in total. The zero-order chi connectivity index (χ0) is 16.2. The second-order valence-electron chi connectivity index (χ2n) is 4.62. The summed E-state index contributed by atoms with van der Waals surface area (Å²) in [6.07, 6.45) is 1.61. The van der Waals surface area contributed by atoms with Crippen molar-refractivity contribution in [2.24, 2.45) is 0 Å². The zero-order valence-corrected chi connectivity index (χ0v) is 13.5. The van der Waals surface area contributed by atoms with E-state index in [0.29, 0.717) is 11.4 Å². The van der Waals surface area contributed by atoms with Gasteiger partial charge in [-0.3, -0.25) is 4.98 Å². The normalized spacial score (nSPS) is 11.2. The molecule has 0 fully saturated rings. The van der Waals surface area contributed by atoms with Crippen molar-refractivity contribution in [3.05, 3.63) is 47.8 Å². The lowest BCUT2D eigenvalue weighted by molar-refractivity contribution is 0.389. The number of nitrogens with one attached hydrogen (secondary N) is 1. The number of aromatic nitrogens is 1. The molecule has 0 aliphatic heterocycles. The fourth-order valence-electron chi connectivity index (χ4n) is 1.98. The lowest BCUT2D eigenvalue weighted by atomic mass is 10.2. The first kappa shape index (κ1) is 16.3. The minimum atomic E-state index is -3.75. The van der Waals surface area contributed by atoms with E-state index < -0.39 is 10.0 Å². The third-order valence-electron chi connectivity index (χ3n) is 3.14. The average Bonchev–Trinajstić information content (AvgIpc) is 2.53. The number of methoxy groups -OCH3 is 2. The van der Waals surface area contributed by atoms with E-state index in [4.69, 9.17) is 9.47 Å². The molecule has 0 unspecified atom stereocenters. The second-order valence-corrected chi connectivity index (χ2v) is 6.35. The van der Waals surface area contributed by atoms with Gasteiger partial charge in [-0.25, -0.2) is 13.1 Å². The Bertz CT molecular complexity index is 746. The van der Waals surface area contributed by atoms with E-state index in [1.165, 1.54) is 20.3 Å². The molecule has 6 nitrogen and oxygen atoms in total. The maximum atomic E-state index is 12.5. The summed E-state index contributed by atoms with van der Waals surface area (Å²) >= 11 is 0. The largest absolute Gasteiger partial charge is 0.496 e. The SMILES string of the molecule is COc1cc(S(=O)(=O)NCc2ccccn2)c(OC)cc1C. The lowest BCUT2D eigenvalue weighted by Crippen LogP contribution is -2.24. The first-order chi connectivity index (χ1) is 10.5. The van der Waals surface area contributed by atoms with E-state index in [1.54, 1.807) is 30.5 Å². The number of benzene rings is 1. The first-order valence-corrected chi connectivity index (χ1v) is 8.08. The molecule has 2 rings (SSSR count). The first-order valence-electron chi connectivity index (χ1n) is 6.60. The van der Waals surface area contributed by atoms with Crippen molar-refractivity contribution >= 4 is 10.0 Å². The Morgan fingerprint density at radius 1 is 1.14 bits per heavy atom. The van der Waals surface area contributed by atoms with Gasteiger partial charge >= 0.3 is 0 Å². The molecule has 1 heterocycles. The minimum Gasteiger partial charge on any atom is -0.496 e. The Balaban J connectivity index is 2.32. The van der Waals surface area contributed by atoms with Crippen LogP contribution in [0, 0.1) is 6.92 Å². The third kappa shape index (κ3) is 3.55. The van der Waals surface area contributed by atoms with E-state index in [9.17, 15) is 8.42 Å². The number of sulfonamides is 1. The summed E-state index contributed by atoms with van der Waals surface area (Å²) in [6.45, 7) is 1.92. The molecule has 0 atom stereocenters. The molecule has 0 spiro atoms. The van der Waals surface area contributed by atoms with Gasteiger partial charge in [-0.05, 0) is 30.7 Å². The number of nitrogens with zero attached hydrogens (tertiary/aromatic N) is 1. The molecule has 0 aliphatic rings. The summed E-state index contributed by atoms with van der Waals surface area (Å²) in [4.78, 5) is 4.12. The number of hydrogen-bond donors (Lipinski definition) is 1. The summed E-state index contributed by atoms with van der Waals surface area (Å²) in [5.74, 6) is 0.755. The van der Waals surface area contributed by atoms with Crippen LogP contribution in [0.4, 0.5) is 0 Å². The molecular formula is C15H18N2O4S. The van der Waals surface area contributed by atoms with Gasteiger partial charge in [0.15, 0.2) is 0 Å². The highest BCUT2D eigenvalue weighted by Crippen LogP contribution is 2.31. The van der Waals surface area contributed by atoms with Crippen LogP contribution in [0.15, 0.2) is 41.4 Å². The Labute approximate surface area is 130 Å². The molecule has 2 aromatic rings. The van der Waals surface area contributed by atoms with Gasteiger partial charge in [0.1, 0.15) is 16.4 Å². The molecule has 0 saturated heterocycles. The van der Waals surface area contributed by atoms with Crippen molar-refractivity contribution in [1.29, 1.82) is 0 Å². The van der Waals surface area contributed by atoms with Crippen molar-refractivity contribution in [3.63, 3.8) is 0 Å². The highest BCUT2D eigenvalue weighted by molar-refractivity contribution is 7.89. The summed E-state index contributed by atoms with van der Waals surface area (Å²) in [5, 5.41) is 0. The van der Waals surface area contributed by atoms with Gasteiger partial charge in [-0.15, -0.1) is 0 Å². The summed E-state index contributed by atoms with van der Waals surface area (Å²) < 4.78 is 37.8. The highest BCUT2D eigenvalue weighted by atomic mass is 32.2. The Morgan fingerprint density at radius 2 is 1.86 bits per heavy atom. The molecule has 1 aromatic carbocycles. The van der Waals surface area contributed by atoms with Crippen molar-refractivity contribution < 1.29 is 17.9 Å². The van der Waals surface area contributed by atoms with Crippen molar-refractivity contribution in [1.82, 2.24) is 9.71 Å². The van der Waals surface area contributed by atoms with E-state index in [1.807, 2.05) is 6.92 Å². The predicted octanol–water partition coefficient (Wildman–Crippen LogP) is 1.89. The summed E-state index contributed by atoms with van der Waals surface area (Å²) in [5.41, 5.74) is 1.42. The molecule has 0 saturated carbocycles. The van der Waals surface area contributed by atoms with Gasteiger partial charge in [0.25, 0.3) is 0 Å². The molecule has 0 amide bonds. The standard InChI is InChI=1S/C15H18N2O4S/c1-11-8-14(21-3)15(9-13(11)20-2)22(18,19)17-10-12-6-4-5-7-16-12/h4-9,17H,10H2,1-3H3. The van der Waals surface area contributed by atoms with Crippen LogP contribution in [0.2, 0.25) is 0 Å². The van der Waals surface area contributed by atoms with Crippen LogP contribution in [0.1, 0.15) is 11.3 Å². The smallest absolute Gasteiger partial charge is 0.244 e. The number of aryl methyl sites for hydroxylation is 1. The number of hydrogen-bond acceptors (Lipinski definition) is 5. The molecule has 22 heavy (non-hydrogen) atoms. The van der Waals surface area contributed by atoms with Gasteiger partial charge in [-0.2, -0.15) is 0 Å². The van der Waals surface area contributed by atoms with Crippen molar-refractivity contribution in [2.75, 3.05) is 14.2 Å². The predicted molar refractivity (Wildman–Crippen MR) is 82.5 cm³/mol. The number of pyridine rings is 1. The van der Waals surface area contributed by atoms with Gasteiger partial charge < -0.3 is 9.47 Å². The number of rotatable bonds is 6. The lowest BCUT2D eigenvalue weighted by Gasteiger charge is -2.14. The Kier molecular flexibility index (Phi) is 4.99. The van der Waals surface area contributed by atoms with Crippen LogP contribution in [0.3, 0.4) is 0 Å². The van der Waals surface area contributed by atoms with Crippen molar-refractivity contribution in [3.8, 4) is 11.5 Å². The van der Waals surface area contributed by atoms with Gasteiger partial charge in [0.2, 0.25) is 10.0 Å². The molecule has 118 valence electrons. The maximum Gasteiger partial charge on any atom is 0.244 e. The molecular weight excluding hydrogens is 304 g/mol. The van der Waals surface area contributed by atoms with Crippen molar-refractivity contribution in [2.45, 2.75) is 18.4 Å². The molecule has 0 aliphatic carbocycles. The quantitative estimate of drug-likeness (QED) is 0.879. The van der Waals surface area contributed by atoms with E-state index >= 15 is 0 Å². The second kappa shape index (κ2) is 6.76. The van der Waals surface area contributed by atoms with E-state index in [2.05, 4.69) is 9.71 Å². The monoisotopic (exact) mass is 322 g/mol. The average molecular weight is 322 g/mol. The molecule has 7 heteroatoms. The maximum absolute atomic E-state index is 12.5. The van der Waals surface area contributed by atoms with Gasteiger partial charge in [0.05, 0.1) is 26.5 Å². The molecule has 0 bridgehead atoms. The molecule has 1 aromatic heterocycles. The van der Waals surface area contributed by atoms with Crippen LogP contribution in [-0.2, 0) is 16.6 Å². The zero-order valence-electron chi connectivity index (χ0n) is 12.7. The van der Waals surface area contributed by atoms with Crippen LogP contribution < -0.4 is 14.2 Å². The van der Waals surface area contributed by atoms with Gasteiger partial charge in [0, 0.05) is 12.3 Å². The van der Waals surface area contributed by atoms with Crippen LogP contribution >= 0.6 is 0 Å². The Morgan fingerprint density at radius 3 is 2.45 bits per heavy atom. The fourth-order valence-corrected chi connectivity index (χ4v) is 3.14. The summed E-state index contributed by atoms with van der Waals surface area (Å²) in [6, 6.07) is 8.40. The summed E-state index contributed by atoms with van der Waals surface area (Å²) in [7, 11) is -0.823. The van der Waals surface area contributed by atoms with E-state index in [-0.39, 0.29) is 17.2 Å². The van der Waals surface area contributed by atoms with Crippen LogP contribution in [-0.4, -0.2) is 27.6 Å².